The summed E-state index contributed by atoms with van der Waals surface area (Å²) in [6.45, 7) is 0.825. The first-order valence-electron chi connectivity index (χ1n) is 9.43. The standard InChI is InChI=1S/C24H21N3OS/c28-22-13-11-20(12-14-22)17-25-26-24-27(16-15-19-7-3-1-4-8-19)23(18-29-24)21-9-5-2-6-10-21/h1-14,17-18,28H,15-16H2. The molecule has 0 radical (unpaired) electrons. The zero-order valence-corrected chi connectivity index (χ0v) is 16.7. The number of rotatable bonds is 6. The van der Waals surface area contributed by atoms with E-state index in [-0.39, 0.29) is 5.75 Å². The molecule has 0 aliphatic rings. The van der Waals surface area contributed by atoms with Crippen LogP contribution in [-0.2, 0) is 13.0 Å². The smallest absolute Gasteiger partial charge is 0.211 e. The van der Waals surface area contributed by atoms with Gasteiger partial charge in [-0.2, -0.15) is 5.10 Å². The lowest BCUT2D eigenvalue weighted by atomic mass is 10.1. The van der Waals surface area contributed by atoms with E-state index >= 15 is 0 Å². The Bertz CT molecular complexity index is 1140. The van der Waals surface area contributed by atoms with Crippen molar-refractivity contribution >= 4 is 17.6 Å². The Morgan fingerprint density at radius 2 is 1.55 bits per heavy atom. The van der Waals surface area contributed by atoms with Crippen LogP contribution in [0.15, 0.2) is 101 Å². The molecule has 0 saturated heterocycles. The SMILES string of the molecule is Oc1ccc(C=NN=c2scc(-c3ccccc3)n2CCc2ccccc2)cc1. The highest BCUT2D eigenvalue weighted by Gasteiger charge is 2.08. The van der Waals surface area contributed by atoms with Crippen molar-refractivity contribution in [2.45, 2.75) is 13.0 Å². The molecular formula is C24H21N3OS. The van der Waals surface area contributed by atoms with E-state index in [0.717, 1.165) is 29.0 Å². The Balaban J connectivity index is 1.65. The van der Waals surface area contributed by atoms with Crippen molar-refractivity contribution in [1.82, 2.24) is 4.57 Å². The fraction of sp³-hybridized carbons (Fsp3) is 0.0833. The molecule has 0 fully saturated rings. The van der Waals surface area contributed by atoms with E-state index in [2.05, 4.69) is 56.5 Å². The Kier molecular flexibility index (Phi) is 5.98. The van der Waals surface area contributed by atoms with Crippen LogP contribution in [0.2, 0.25) is 0 Å². The van der Waals surface area contributed by atoms with E-state index in [1.807, 2.05) is 36.4 Å². The second-order valence-electron chi connectivity index (χ2n) is 6.59. The molecule has 0 atom stereocenters. The van der Waals surface area contributed by atoms with Gasteiger partial charge in [-0.05, 0) is 47.4 Å². The molecular weight excluding hydrogens is 378 g/mol. The summed E-state index contributed by atoms with van der Waals surface area (Å²) in [6.07, 6.45) is 2.62. The molecule has 144 valence electrons. The maximum absolute atomic E-state index is 9.39. The average Bonchev–Trinajstić information content (AvgIpc) is 3.18. The van der Waals surface area contributed by atoms with Crippen LogP contribution in [0.1, 0.15) is 11.1 Å². The van der Waals surface area contributed by atoms with Crippen LogP contribution in [-0.4, -0.2) is 15.9 Å². The van der Waals surface area contributed by atoms with Crippen LogP contribution in [0.4, 0.5) is 0 Å². The van der Waals surface area contributed by atoms with Gasteiger partial charge in [-0.25, -0.2) is 0 Å². The van der Waals surface area contributed by atoms with Crippen molar-refractivity contribution in [1.29, 1.82) is 0 Å². The maximum Gasteiger partial charge on any atom is 0.211 e. The molecule has 0 spiro atoms. The van der Waals surface area contributed by atoms with Crippen molar-refractivity contribution in [3.05, 3.63) is 106 Å². The van der Waals surface area contributed by atoms with Crippen LogP contribution in [0.3, 0.4) is 0 Å². The lowest BCUT2D eigenvalue weighted by Gasteiger charge is -2.09. The van der Waals surface area contributed by atoms with Crippen LogP contribution in [0, 0.1) is 0 Å². The summed E-state index contributed by atoms with van der Waals surface area (Å²) < 4.78 is 2.22. The number of hydrogen-bond donors (Lipinski definition) is 1. The summed E-state index contributed by atoms with van der Waals surface area (Å²) in [7, 11) is 0. The highest BCUT2D eigenvalue weighted by Crippen LogP contribution is 2.20. The van der Waals surface area contributed by atoms with Crippen LogP contribution in [0.25, 0.3) is 11.3 Å². The lowest BCUT2D eigenvalue weighted by Crippen LogP contribution is -2.17. The number of phenols is 1. The zero-order valence-electron chi connectivity index (χ0n) is 15.8. The number of aromatic nitrogens is 1. The summed E-state index contributed by atoms with van der Waals surface area (Å²) in [4.78, 5) is 0.856. The molecule has 4 aromatic rings. The molecule has 5 heteroatoms. The minimum absolute atomic E-state index is 0.239. The third-order valence-corrected chi connectivity index (χ3v) is 5.43. The predicted molar refractivity (Wildman–Crippen MR) is 119 cm³/mol. The van der Waals surface area contributed by atoms with Gasteiger partial charge in [0, 0.05) is 11.9 Å². The molecule has 1 aromatic heterocycles. The fourth-order valence-electron chi connectivity index (χ4n) is 3.06. The molecule has 1 N–H and O–H groups in total. The highest BCUT2D eigenvalue weighted by molar-refractivity contribution is 7.07. The first kappa shape index (κ1) is 18.9. The molecule has 0 bridgehead atoms. The van der Waals surface area contributed by atoms with Crippen LogP contribution >= 0.6 is 11.3 Å². The first-order valence-corrected chi connectivity index (χ1v) is 10.3. The summed E-state index contributed by atoms with van der Waals surface area (Å²) >= 11 is 1.59. The topological polar surface area (TPSA) is 49.9 Å². The second-order valence-corrected chi connectivity index (χ2v) is 7.43. The van der Waals surface area contributed by atoms with E-state index < -0.39 is 0 Å². The number of benzene rings is 3. The summed E-state index contributed by atoms with van der Waals surface area (Å²) in [5.41, 5.74) is 4.50. The molecule has 4 rings (SSSR count). The Morgan fingerprint density at radius 1 is 0.862 bits per heavy atom. The van der Waals surface area contributed by atoms with Gasteiger partial charge in [-0.1, -0.05) is 60.7 Å². The predicted octanol–water partition coefficient (Wildman–Crippen LogP) is 5.10. The molecule has 0 aliphatic heterocycles. The Labute approximate surface area is 173 Å². The van der Waals surface area contributed by atoms with E-state index in [0.29, 0.717) is 0 Å². The summed E-state index contributed by atoms with van der Waals surface area (Å²) in [5.74, 6) is 0.239. The first-order chi connectivity index (χ1) is 14.3. The van der Waals surface area contributed by atoms with Gasteiger partial charge in [0.2, 0.25) is 4.80 Å². The number of thiazole rings is 1. The summed E-state index contributed by atoms with van der Waals surface area (Å²) in [5, 5.41) is 20.3. The van der Waals surface area contributed by atoms with Gasteiger partial charge in [0.1, 0.15) is 5.75 Å². The van der Waals surface area contributed by atoms with E-state index in [1.165, 1.54) is 11.1 Å². The van der Waals surface area contributed by atoms with E-state index in [4.69, 9.17) is 0 Å². The van der Waals surface area contributed by atoms with Gasteiger partial charge >= 0.3 is 0 Å². The number of aromatic hydroxyl groups is 1. The van der Waals surface area contributed by atoms with Gasteiger partial charge in [0.15, 0.2) is 0 Å². The number of hydrogen-bond acceptors (Lipinski definition) is 4. The Hall–Kier alpha value is -3.44. The average molecular weight is 400 g/mol. The monoisotopic (exact) mass is 399 g/mol. The minimum Gasteiger partial charge on any atom is -0.508 e. The largest absolute Gasteiger partial charge is 0.508 e. The van der Waals surface area contributed by atoms with Crippen molar-refractivity contribution in [3.63, 3.8) is 0 Å². The molecule has 0 saturated carbocycles. The van der Waals surface area contributed by atoms with Gasteiger partial charge in [-0.15, -0.1) is 16.4 Å². The molecule has 0 unspecified atom stereocenters. The van der Waals surface area contributed by atoms with Gasteiger partial charge < -0.3 is 9.67 Å². The van der Waals surface area contributed by atoms with Gasteiger partial charge in [-0.3, -0.25) is 0 Å². The number of nitrogens with zero attached hydrogens (tertiary/aromatic N) is 3. The normalized spacial score (nSPS) is 11.9. The number of aryl methyl sites for hydroxylation is 1. The van der Waals surface area contributed by atoms with Crippen molar-refractivity contribution in [2.75, 3.05) is 0 Å². The molecule has 4 nitrogen and oxygen atoms in total. The van der Waals surface area contributed by atoms with E-state index in [9.17, 15) is 5.11 Å². The van der Waals surface area contributed by atoms with Crippen molar-refractivity contribution < 1.29 is 5.11 Å². The fourth-order valence-corrected chi connectivity index (χ4v) is 3.95. The van der Waals surface area contributed by atoms with Crippen LogP contribution in [0.5, 0.6) is 5.75 Å². The third kappa shape index (κ3) is 4.89. The van der Waals surface area contributed by atoms with Crippen molar-refractivity contribution in [2.24, 2.45) is 10.2 Å². The zero-order chi connectivity index (χ0) is 19.9. The maximum atomic E-state index is 9.39. The third-order valence-electron chi connectivity index (χ3n) is 4.58. The molecule has 0 aliphatic carbocycles. The molecule has 3 aromatic carbocycles. The lowest BCUT2D eigenvalue weighted by molar-refractivity contribution is 0.475. The van der Waals surface area contributed by atoms with Gasteiger partial charge in [0.25, 0.3) is 0 Å². The van der Waals surface area contributed by atoms with Crippen molar-refractivity contribution in [3.8, 4) is 17.0 Å². The number of phenolic OH excluding ortho intramolecular Hbond substituents is 1. The Morgan fingerprint density at radius 3 is 2.28 bits per heavy atom. The molecule has 29 heavy (non-hydrogen) atoms. The molecule has 0 amide bonds. The van der Waals surface area contributed by atoms with E-state index in [1.54, 1.807) is 29.7 Å². The molecule has 1 heterocycles. The highest BCUT2D eigenvalue weighted by atomic mass is 32.1. The summed E-state index contributed by atoms with van der Waals surface area (Å²) in [6, 6.07) is 27.7. The minimum atomic E-state index is 0.239. The van der Waals surface area contributed by atoms with Gasteiger partial charge in [0.05, 0.1) is 11.9 Å². The quantitative estimate of drug-likeness (QED) is 0.356. The van der Waals surface area contributed by atoms with Crippen LogP contribution < -0.4 is 4.80 Å². The second kappa shape index (κ2) is 9.17.